The second-order valence-electron chi connectivity index (χ2n) is 2.74. The first-order chi connectivity index (χ1) is 5.74. The summed E-state index contributed by atoms with van der Waals surface area (Å²) in [5.74, 6) is 0.000556. The van der Waals surface area contributed by atoms with E-state index in [-0.39, 0.29) is 12.5 Å². The van der Waals surface area contributed by atoms with Crippen molar-refractivity contribution in [3.63, 3.8) is 0 Å². The fraction of sp³-hybridized carbons (Fsp3) is 0.857. The van der Waals surface area contributed by atoms with Crippen LogP contribution in [0.4, 0.5) is 0 Å². The molecule has 1 heterocycles. The van der Waals surface area contributed by atoms with E-state index < -0.39 is 7.80 Å². The molecule has 12 heavy (non-hydrogen) atoms. The number of ether oxygens (including phenoxy) is 1. The number of carbonyl (C=O) groups excluding carboxylic acids is 1. The van der Waals surface area contributed by atoms with Crippen molar-refractivity contribution in [3.8, 4) is 0 Å². The summed E-state index contributed by atoms with van der Waals surface area (Å²) in [6.45, 7) is 1.38. The third-order valence-electron chi connectivity index (χ3n) is 1.86. The molecule has 1 amide bonds. The van der Waals surface area contributed by atoms with Crippen LogP contribution >= 0.6 is 7.80 Å². The van der Waals surface area contributed by atoms with Crippen molar-refractivity contribution in [1.29, 1.82) is 0 Å². The van der Waals surface area contributed by atoms with Crippen LogP contribution in [-0.4, -0.2) is 49.9 Å². The summed E-state index contributed by atoms with van der Waals surface area (Å²) >= 11 is 0. The van der Waals surface area contributed by atoms with Crippen LogP contribution in [0, 0.1) is 0 Å². The van der Waals surface area contributed by atoms with Crippen molar-refractivity contribution < 1.29 is 14.1 Å². The minimum absolute atomic E-state index is 0.000556. The second kappa shape index (κ2) is 4.53. The highest BCUT2D eigenvalue weighted by Crippen LogP contribution is 2.23. The van der Waals surface area contributed by atoms with Crippen LogP contribution < -0.4 is 0 Å². The molecule has 68 valence electrons. The maximum atomic E-state index is 11.2. The summed E-state index contributed by atoms with van der Waals surface area (Å²) in [4.78, 5) is 12.9. The zero-order chi connectivity index (χ0) is 8.97. The Labute approximate surface area is 72.7 Å². The van der Waals surface area contributed by atoms with Gasteiger partial charge in [0.2, 0.25) is 5.91 Å². The van der Waals surface area contributed by atoms with Gasteiger partial charge in [0.05, 0.1) is 13.1 Å². The van der Waals surface area contributed by atoms with Gasteiger partial charge in [-0.05, 0) is 0 Å². The van der Waals surface area contributed by atoms with Gasteiger partial charge in [0, 0.05) is 7.11 Å². The van der Waals surface area contributed by atoms with Crippen LogP contribution in [0.3, 0.4) is 0 Å². The van der Waals surface area contributed by atoms with Gasteiger partial charge in [0.25, 0.3) is 0 Å². The minimum Gasteiger partial charge on any atom is -0.375 e. The van der Waals surface area contributed by atoms with E-state index in [2.05, 4.69) is 0 Å². The first kappa shape index (κ1) is 9.62. The molecule has 0 aliphatic carbocycles. The molecule has 0 unspecified atom stereocenters. The van der Waals surface area contributed by atoms with Crippen molar-refractivity contribution >= 4 is 13.7 Å². The molecule has 1 aliphatic heterocycles. The maximum absolute atomic E-state index is 11.2. The standard InChI is InChI=1S/C7H13NO3P/c1-11-6-7(9)8-2-4-12(10)5-3-8/h2-6H2,1H3/q+1. The molecule has 4 nitrogen and oxygen atoms in total. The summed E-state index contributed by atoms with van der Waals surface area (Å²) in [5.41, 5.74) is 0. The van der Waals surface area contributed by atoms with Crippen LogP contribution in [-0.2, 0) is 14.1 Å². The van der Waals surface area contributed by atoms with E-state index in [4.69, 9.17) is 4.74 Å². The summed E-state index contributed by atoms with van der Waals surface area (Å²) in [5, 5.41) is 0. The van der Waals surface area contributed by atoms with Gasteiger partial charge < -0.3 is 9.64 Å². The Kier molecular flexibility index (Phi) is 3.63. The van der Waals surface area contributed by atoms with Crippen molar-refractivity contribution in [2.24, 2.45) is 0 Å². The molecule has 0 aromatic heterocycles. The lowest BCUT2D eigenvalue weighted by molar-refractivity contribution is -0.134. The highest BCUT2D eigenvalue weighted by molar-refractivity contribution is 7.44. The van der Waals surface area contributed by atoms with Gasteiger partial charge in [0.15, 0.2) is 12.3 Å². The van der Waals surface area contributed by atoms with E-state index in [0.29, 0.717) is 25.4 Å². The zero-order valence-corrected chi connectivity index (χ0v) is 8.05. The van der Waals surface area contributed by atoms with Crippen LogP contribution in [0.5, 0.6) is 0 Å². The van der Waals surface area contributed by atoms with E-state index in [1.165, 1.54) is 7.11 Å². The Hall–Kier alpha value is -0.470. The Bertz CT molecular complexity index is 185. The smallest absolute Gasteiger partial charge is 0.342 e. The van der Waals surface area contributed by atoms with E-state index in [1.807, 2.05) is 0 Å². The lowest BCUT2D eigenvalue weighted by atomic mass is 10.4. The van der Waals surface area contributed by atoms with E-state index in [1.54, 1.807) is 4.90 Å². The topological polar surface area (TPSA) is 46.6 Å². The van der Waals surface area contributed by atoms with Crippen molar-refractivity contribution in [2.45, 2.75) is 0 Å². The number of rotatable bonds is 2. The molecule has 0 aromatic carbocycles. The molecule has 0 atom stereocenters. The number of amides is 1. The quantitative estimate of drug-likeness (QED) is 0.588. The van der Waals surface area contributed by atoms with Gasteiger partial charge in [-0.25, -0.2) is 0 Å². The molecule has 0 spiro atoms. The molecule has 0 N–H and O–H groups in total. The van der Waals surface area contributed by atoms with Gasteiger partial charge in [-0.15, -0.1) is 0 Å². The van der Waals surface area contributed by atoms with Gasteiger partial charge in [-0.2, -0.15) is 0 Å². The molecule has 0 saturated carbocycles. The normalized spacial score (nSPS) is 18.1. The summed E-state index contributed by atoms with van der Waals surface area (Å²) < 4.78 is 15.7. The Morgan fingerprint density at radius 1 is 1.50 bits per heavy atom. The molecule has 0 aromatic rings. The SMILES string of the molecule is COCC(=O)N1CC[P+](=O)CC1. The highest BCUT2D eigenvalue weighted by atomic mass is 31.1. The van der Waals surface area contributed by atoms with Crippen molar-refractivity contribution in [2.75, 3.05) is 39.1 Å². The third kappa shape index (κ3) is 2.54. The van der Waals surface area contributed by atoms with Crippen LogP contribution in [0.15, 0.2) is 0 Å². The van der Waals surface area contributed by atoms with Crippen LogP contribution in [0.1, 0.15) is 0 Å². The van der Waals surface area contributed by atoms with Crippen LogP contribution in [0.25, 0.3) is 0 Å². The molecule has 1 aliphatic rings. The Balaban J connectivity index is 2.33. The summed E-state index contributed by atoms with van der Waals surface area (Å²) in [7, 11) is 0.465. The van der Waals surface area contributed by atoms with Crippen LogP contribution in [0.2, 0.25) is 0 Å². The molecule has 0 bridgehead atoms. The van der Waals surface area contributed by atoms with Crippen molar-refractivity contribution in [3.05, 3.63) is 0 Å². The average Bonchev–Trinajstić information content (AvgIpc) is 2.06. The predicted octanol–water partition coefficient (Wildman–Crippen LogP) is 0.302. The molecule has 1 saturated heterocycles. The van der Waals surface area contributed by atoms with Gasteiger partial charge >= 0.3 is 7.80 Å². The molecule has 5 heteroatoms. The predicted molar refractivity (Wildman–Crippen MR) is 45.8 cm³/mol. The maximum Gasteiger partial charge on any atom is 0.342 e. The fourth-order valence-corrected chi connectivity index (χ4v) is 2.30. The molecular weight excluding hydrogens is 177 g/mol. The largest absolute Gasteiger partial charge is 0.375 e. The first-order valence-corrected chi connectivity index (χ1v) is 5.56. The van der Waals surface area contributed by atoms with E-state index >= 15 is 0 Å². The number of carbonyl (C=O) groups is 1. The van der Waals surface area contributed by atoms with E-state index in [0.717, 1.165) is 0 Å². The lowest BCUT2D eigenvalue weighted by Crippen LogP contribution is -2.39. The van der Waals surface area contributed by atoms with Gasteiger partial charge in [-0.3, -0.25) is 4.79 Å². The zero-order valence-electron chi connectivity index (χ0n) is 7.15. The Morgan fingerprint density at radius 3 is 2.58 bits per heavy atom. The average molecular weight is 190 g/mol. The fourth-order valence-electron chi connectivity index (χ4n) is 1.15. The third-order valence-corrected chi connectivity index (χ3v) is 3.26. The van der Waals surface area contributed by atoms with E-state index in [9.17, 15) is 9.36 Å². The summed E-state index contributed by atoms with van der Waals surface area (Å²) in [6.07, 6.45) is 1.29. The molecule has 0 radical (unpaired) electrons. The number of hydrogen-bond acceptors (Lipinski definition) is 3. The van der Waals surface area contributed by atoms with Gasteiger partial charge in [0.1, 0.15) is 6.61 Å². The number of methoxy groups -OCH3 is 1. The molecule has 1 rings (SSSR count). The highest BCUT2D eigenvalue weighted by Gasteiger charge is 2.27. The summed E-state index contributed by atoms with van der Waals surface area (Å²) in [6, 6.07) is 0. The first-order valence-electron chi connectivity index (χ1n) is 3.93. The van der Waals surface area contributed by atoms with Crippen molar-refractivity contribution in [1.82, 2.24) is 4.90 Å². The lowest BCUT2D eigenvalue weighted by Gasteiger charge is -2.21. The number of nitrogens with zero attached hydrogens (tertiary/aromatic N) is 1. The minimum atomic E-state index is -1.04. The molecular formula is C7H13NO3P+. The van der Waals surface area contributed by atoms with Gasteiger partial charge in [-0.1, -0.05) is 4.57 Å². The monoisotopic (exact) mass is 190 g/mol. The number of hydrogen-bond donors (Lipinski definition) is 0. The second-order valence-corrected chi connectivity index (χ2v) is 4.60. The molecule has 1 fully saturated rings. The Morgan fingerprint density at radius 2 is 2.08 bits per heavy atom.